The molecule has 5 heteroatoms. The van der Waals surface area contributed by atoms with Gasteiger partial charge in [0.2, 0.25) is 0 Å². The molecule has 0 aliphatic heterocycles. The van der Waals surface area contributed by atoms with E-state index in [4.69, 9.17) is 15.2 Å². The van der Waals surface area contributed by atoms with Crippen molar-refractivity contribution in [1.82, 2.24) is 4.90 Å². The highest BCUT2D eigenvalue weighted by molar-refractivity contribution is 7.99. The molecule has 1 atom stereocenters. The van der Waals surface area contributed by atoms with E-state index in [2.05, 4.69) is 19.0 Å². The fourth-order valence-electron chi connectivity index (χ4n) is 1.67. The molecule has 1 unspecified atom stereocenters. The first-order valence-electron chi connectivity index (χ1n) is 6.28. The monoisotopic (exact) mass is 284 g/mol. The highest BCUT2D eigenvalue weighted by atomic mass is 32.2. The lowest BCUT2D eigenvalue weighted by atomic mass is 10.1. The summed E-state index contributed by atoms with van der Waals surface area (Å²) < 4.78 is 10.6. The fourth-order valence-corrected chi connectivity index (χ4v) is 2.77. The minimum Gasteiger partial charge on any atom is -0.497 e. The summed E-state index contributed by atoms with van der Waals surface area (Å²) in [6.07, 6.45) is 0. The fraction of sp³-hybridized carbons (Fsp3) is 0.571. The zero-order valence-electron chi connectivity index (χ0n) is 12.2. The van der Waals surface area contributed by atoms with E-state index in [1.54, 1.807) is 14.2 Å². The van der Waals surface area contributed by atoms with E-state index in [1.165, 1.54) is 0 Å². The third kappa shape index (κ3) is 5.30. The van der Waals surface area contributed by atoms with Crippen LogP contribution in [0.2, 0.25) is 0 Å². The molecule has 0 aromatic heterocycles. The van der Waals surface area contributed by atoms with Crippen LogP contribution in [-0.4, -0.2) is 51.3 Å². The second kappa shape index (κ2) is 8.30. The lowest BCUT2D eigenvalue weighted by Crippen LogP contribution is -2.18. The van der Waals surface area contributed by atoms with Gasteiger partial charge in [0.05, 0.1) is 14.2 Å². The largest absolute Gasteiger partial charge is 0.497 e. The second-order valence-electron chi connectivity index (χ2n) is 4.59. The molecule has 2 N–H and O–H groups in total. The molecule has 1 rings (SSSR count). The van der Waals surface area contributed by atoms with E-state index < -0.39 is 0 Å². The molecular weight excluding hydrogens is 260 g/mol. The minimum atomic E-state index is -0.0204. The molecule has 0 spiro atoms. The Morgan fingerprint density at radius 3 is 2.58 bits per heavy atom. The number of hydrogen-bond donors (Lipinski definition) is 1. The molecule has 0 aliphatic carbocycles. The molecule has 4 nitrogen and oxygen atoms in total. The van der Waals surface area contributed by atoms with Crippen molar-refractivity contribution in [1.29, 1.82) is 0 Å². The predicted molar refractivity (Wildman–Crippen MR) is 82.4 cm³/mol. The zero-order chi connectivity index (χ0) is 14.3. The molecule has 0 aliphatic rings. The third-order valence-corrected chi connectivity index (χ3v) is 3.89. The van der Waals surface area contributed by atoms with Gasteiger partial charge < -0.3 is 20.1 Å². The summed E-state index contributed by atoms with van der Waals surface area (Å²) in [5.74, 6) is 3.54. The molecule has 0 fully saturated rings. The Balaban J connectivity index is 2.58. The van der Waals surface area contributed by atoms with Crippen LogP contribution in [0.4, 0.5) is 0 Å². The SMILES string of the molecule is COc1ccc(C(N)CSCCN(C)C)c(OC)c1. The van der Waals surface area contributed by atoms with Gasteiger partial charge in [0.25, 0.3) is 0 Å². The first-order valence-corrected chi connectivity index (χ1v) is 7.44. The molecule has 0 saturated heterocycles. The molecule has 0 radical (unpaired) electrons. The van der Waals surface area contributed by atoms with E-state index in [0.717, 1.165) is 35.1 Å². The smallest absolute Gasteiger partial charge is 0.127 e. The number of nitrogens with two attached hydrogens (primary N) is 1. The number of nitrogens with zero attached hydrogens (tertiary/aromatic N) is 1. The zero-order valence-corrected chi connectivity index (χ0v) is 13.0. The van der Waals surface area contributed by atoms with Crippen molar-refractivity contribution in [3.8, 4) is 11.5 Å². The Morgan fingerprint density at radius 1 is 1.26 bits per heavy atom. The summed E-state index contributed by atoms with van der Waals surface area (Å²) in [6.45, 7) is 1.07. The van der Waals surface area contributed by atoms with Gasteiger partial charge in [-0.05, 0) is 20.2 Å². The van der Waals surface area contributed by atoms with E-state index in [-0.39, 0.29) is 6.04 Å². The van der Waals surface area contributed by atoms with Gasteiger partial charge in [0, 0.05) is 35.7 Å². The Labute approximate surface area is 120 Å². The molecule has 108 valence electrons. The van der Waals surface area contributed by atoms with Crippen molar-refractivity contribution >= 4 is 11.8 Å². The van der Waals surface area contributed by atoms with Gasteiger partial charge in [-0.3, -0.25) is 0 Å². The summed E-state index contributed by atoms with van der Waals surface area (Å²) in [4.78, 5) is 2.17. The molecular formula is C14H24N2O2S. The topological polar surface area (TPSA) is 47.7 Å². The van der Waals surface area contributed by atoms with E-state index in [0.29, 0.717) is 0 Å². The van der Waals surface area contributed by atoms with Gasteiger partial charge in [-0.2, -0.15) is 11.8 Å². The minimum absolute atomic E-state index is 0.0204. The second-order valence-corrected chi connectivity index (χ2v) is 5.74. The third-order valence-electron chi connectivity index (χ3n) is 2.82. The van der Waals surface area contributed by atoms with Crippen LogP contribution in [0.1, 0.15) is 11.6 Å². The van der Waals surface area contributed by atoms with E-state index >= 15 is 0 Å². The summed E-state index contributed by atoms with van der Waals surface area (Å²) in [5.41, 5.74) is 7.25. The van der Waals surface area contributed by atoms with Crippen LogP contribution in [0.15, 0.2) is 18.2 Å². The lowest BCUT2D eigenvalue weighted by Gasteiger charge is -2.17. The van der Waals surface area contributed by atoms with Crippen LogP contribution in [-0.2, 0) is 0 Å². The van der Waals surface area contributed by atoms with Gasteiger partial charge in [0.15, 0.2) is 0 Å². The highest BCUT2D eigenvalue weighted by Crippen LogP contribution is 2.29. The maximum atomic E-state index is 6.22. The first-order chi connectivity index (χ1) is 9.08. The van der Waals surface area contributed by atoms with Crippen LogP contribution < -0.4 is 15.2 Å². The van der Waals surface area contributed by atoms with Gasteiger partial charge in [-0.25, -0.2) is 0 Å². The van der Waals surface area contributed by atoms with Crippen LogP contribution >= 0.6 is 11.8 Å². The van der Waals surface area contributed by atoms with Crippen molar-refractivity contribution in [2.45, 2.75) is 6.04 Å². The average molecular weight is 284 g/mol. The maximum absolute atomic E-state index is 6.22. The molecule has 1 aromatic carbocycles. The molecule has 0 amide bonds. The number of rotatable bonds is 8. The molecule has 0 saturated carbocycles. The summed E-state index contributed by atoms with van der Waals surface area (Å²) in [5, 5.41) is 0. The molecule has 1 aromatic rings. The predicted octanol–water partition coefficient (Wildman–Crippen LogP) is 2.00. The van der Waals surface area contributed by atoms with Gasteiger partial charge >= 0.3 is 0 Å². The summed E-state index contributed by atoms with van der Waals surface area (Å²) in [7, 11) is 7.45. The highest BCUT2D eigenvalue weighted by Gasteiger charge is 2.13. The normalized spacial score (nSPS) is 12.5. The number of methoxy groups -OCH3 is 2. The Morgan fingerprint density at radius 2 is 2.00 bits per heavy atom. The van der Waals surface area contributed by atoms with E-state index in [1.807, 2.05) is 30.0 Å². The van der Waals surface area contributed by atoms with Crippen molar-refractivity contribution in [3.05, 3.63) is 23.8 Å². The number of hydrogen-bond acceptors (Lipinski definition) is 5. The van der Waals surface area contributed by atoms with Crippen LogP contribution in [0.25, 0.3) is 0 Å². The summed E-state index contributed by atoms with van der Waals surface area (Å²) in [6, 6.07) is 5.75. The first kappa shape index (κ1) is 16.1. The molecule has 0 bridgehead atoms. The molecule has 19 heavy (non-hydrogen) atoms. The van der Waals surface area contributed by atoms with Crippen LogP contribution in [0.5, 0.6) is 11.5 Å². The van der Waals surface area contributed by atoms with Crippen molar-refractivity contribution in [2.75, 3.05) is 46.4 Å². The lowest BCUT2D eigenvalue weighted by molar-refractivity contribution is 0.389. The quantitative estimate of drug-likeness (QED) is 0.740. The van der Waals surface area contributed by atoms with Gasteiger partial charge in [-0.1, -0.05) is 6.07 Å². The number of thioether (sulfide) groups is 1. The summed E-state index contributed by atoms with van der Waals surface area (Å²) >= 11 is 1.86. The maximum Gasteiger partial charge on any atom is 0.127 e. The molecule has 0 heterocycles. The Kier molecular flexibility index (Phi) is 7.05. The Hall–Kier alpha value is -0.910. The van der Waals surface area contributed by atoms with Crippen LogP contribution in [0, 0.1) is 0 Å². The standard InChI is InChI=1S/C14H24N2O2S/c1-16(2)7-8-19-10-13(15)12-6-5-11(17-3)9-14(12)18-4/h5-6,9,13H,7-8,10,15H2,1-4H3. The van der Waals surface area contributed by atoms with Crippen LogP contribution in [0.3, 0.4) is 0 Å². The van der Waals surface area contributed by atoms with E-state index in [9.17, 15) is 0 Å². The van der Waals surface area contributed by atoms with Gasteiger partial charge in [0.1, 0.15) is 11.5 Å². The number of ether oxygens (including phenoxy) is 2. The Bertz CT molecular complexity index is 386. The van der Waals surface area contributed by atoms with Crippen molar-refractivity contribution in [3.63, 3.8) is 0 Å². The van der Waals surface area contributed by atoms with Gasteiger partial charge in [-0.15, -0.1) is 0 Å². The average Bonchev–Trinajstić information content (AvgIpc) is 2.42. The van der Waals surface area contributed by atoms with Crippen molar-refractivity contribution in [2.24, 2.45) is 5.73 Å². The van der Waals surface area contributed by atoms with Crippen molar-refractivity contribution < 1.29 is 9.47 Å². The number of benzene rings is 1.